The number of hydrogen-bond donors (Lipinski definition) is 0. The maximum atomic E-state index is 4.84. The minimum absolute atomic E-state index is 1.05. The molecule has 9 rings (SSSR count). The molecule has 2 nitrogen and oxygen atoms in total. The van der Waals surface area contributed by atoms with Crippen LogP contribution in [0.4, 0.5) is 17.1 Å². The van der Waals surface area contributed by atoms with E-state index < -0.39 is 0 Å². The molecule has 0 N–H and O–H groups in total. The smallest absolute Gasteiger partial charge is 0.124 e. The molecule has 0 aliphatic carbocycles. The standard InChI is InChI=1S/C43H28N2S2/c1-2-8-29(9-3-1)31-18-22-34(23-19-31)45(36-26-27-41-38(28-36)37-10-4-6-12-40(37)46-41)35-24-20-32(21-25-35)30-14-16-33(17-15-30)43-44-39-11-5-7-13-42(39)47-43/h1-28H. The molecule has 0 spiro atoms. The summed E-state index contributed by atoms with van der Waals surface area (Å²) in [7, 11) is 0. The van der Waals surface area contributed by atoms with Gasteiger partial charge in [-0.25, -0.2) is 4.98 Å². The Kier molecular flexibility index (Phi) is 6.89. The Hall–Kier alpha value is -5.55. The molecule has 222 valence electrons. The summed E-state index contributed by atoms with van der Waals surface area (Å²) in [6.07, 6.45) is 0. The number of rotatable bonds is 6. The number of para-hydroxylation sites is 1. The molecular formula is C43H28N2S2. The van der Waals surface area contributed by atoms with Crippen LogP contribution >= 0.6 is 22.7 Å². The lowest BCUT2D eigenvalue weighted by atomic mass is 10.0. The van der Waals surface area contributed by atoms with E-state index in [0.717, 1.165) is 33.1 Å². The van der Waals surface area contributed by atoms with E-state index in [0.29, 0.717) is 0 Å². The first-order valence-corrected chi connectivity index (χ1v) is 17.3. The van der Waals surface area contributed by atoms with Crippen molar-refractivity contribution in [3.63, 3.8) is 0 Å². The summed E-state index contributed by atoms with van der Waals surface area (Å²) in [6, 6.07) is 61.0. The third-order valence-corrected chi connectivity index (χ3v) is 11.0. The van der Waals surface area contributed by atoms with E-state index in [9.17, 15) is 0 Å². The molecule has 4 heteroatoms. The molecule has 0 saturated carbocycles. The Bertz CT molecular complexity index is 2460. The van der Waals surface area contributed by atoms with Crippen molar-refractivity contribution in [2.75, 3.05) is 4.90 Å². The molecule has 7 aromatic carbocycles. The van der Waals surface area contributed by atoms with Crippen molar-refractivity contribution in [1.82, 2.24) is 4.98 Å². The van der Waals surface area contributed by atoms with Gasteiger partial charge in [0, 0.05) is 42.8 Å². The highest BCUT2D eigenvalue weighted by Crippen LogP contribution is 2.41. The zero-order valence-corrected chi connectivity index (χ0v) is 27.0. The lowest BCUT2D eigenvalue weighted by Crippen LogP contribution is -2.09. The first-order chi connectivity index (χ1) is 23.3. The number of thiazole rings is 1. The Morgan fingerprint density at radius 3 is 1.55 bits per heavy atom. The molecule has 0 unspecified atom stereocenters. The fraction of sp³-hybridized carbons (Fsp3) is 0. The Morgan fingerprint density at radius 1 is 0.362 bits per heavy atom. The summed E-state index contributed by atoms with van der Waals surface area (Å²) in [4.78, 5) is 7.20. The van der Waals surface area contributed by atoms with Crippen molar-refractivity contribution in [3.8, 4) is 32.8 Å². The minimum atomic E-state index is 1.05. The first-order valence-electron chi connectivity index (χ1n) is 15.7. The molecule has 0 atom stereocenters. The summed E-state index contributed by atoms with van der Waals surface area (Å²) in [5.41, 5.74) is 10.4. The second kappa shape index (κ2) is 11.7. The molecular weight excluding hydrogens is 609 g/mol. The maximum Gasteiger partial charge on any atom is 0.124 e. The van der Waals surface area contributed by atoms with Gasteiger partial charge in [-0.15, -0.1) is 22.7 Å². The number of anilines is 3. The average molecular weight is 637 g/mol. The van der Waals surface area contributed by atoms with Crippen molar-refractivity contribution in [2.45, 2.75) is 0 Å². The van der Waals surface area contributed by atoms with Crippen molar-refractivity contribution >= 4 is 70.1 Å². The topological polar surface area (TPSA) is 16.1 Å². The lowest BCUT2D eigenvalue weighted by molar-refractivity contribution is 1.29. The van der Waals surface area contributed by atoms with E-state index in [1.165, 1.54) is 47.1 Å². The Balaban J connectivity index is 1.08. The number of hydrogen-bond acceptors (Lipinski definition) is 4. The molecule has 0 amide bonds. The molecule has 0 aliphatic heterocycles. The van der Waals surface area contributed by atoms with Crippen LogP contribution in [0.25, 0.3) is 63.2 Å². The average Bonchev–Trinajstić information content (AvgIpc) is 3.75. The van der Waals surface area contributed by atoms with Crippen molar-refractivity contribution in [3.05, 3.63) is 170 Å². The minimum Gasteiger partial charge on any atom is -0.310 e. The Morgan fingerprint density at radius 2 is 0.872 bits per heavy atom. The number of benzene rings is 7. The van der Waals surface area contributed by atoms with E-state index >= 15 is 0 Å². The molecule has 47 heavy (non-hydrogen) atoms. The van der Waals surface area contributed by atoms with Crippen LogP contribution in [0.15, 0.2) is 170 Å². The molecule has 0 radical (unpaired) electrons. The summed E-state index contributed by atoms with van der Waals surface area (Å²) in [5, 5.41) is 3.65. The van der Waals surface area contributed by atoms with Crippen LogP contribution in [-0.4, -0.2) is 4.98 Å². The highest BCUT2D eigenvalue weighted by molar-refractivity contribution is 7.25. The van der Waals surface area contributed by atoms with Crippen molar-refractivity contribution in [2.24, 2.45) is 0 Å². The van der Waals surface area contributed by atoms with Gasteiger partial charge in [0.1, 0.15) is 5.01 Å². The van der Waals surface area contributed by atoms with Gasteiger partial charge in [-0.3, -0.25) is 0 Å². The predicted molar refractivity (Wildman–Crippen MR) is 203 cm³/mol. The van der Waals surface area contributed by atoms with Gasteiger partial charge in [0.2, 0.25) is 0 Å². The molecule has 0 saturated heterocycles. The van der Waals surface area contributed by atoms with E-state index in [-0.39, 0.29) is 0 Å². The van der Waals surface area contributed by atoms with Gasteiger partial charge in [-0.05, 0) is 82.9 Å². The summed E-state index contributed by atoms with van der Waals surface area (Å²) in [5.74, 6) is 0. The van der Waals surface area contributed by atoms with Crippen LogP contribution in [0.2, 0.25) is 0 Å². The van der Waals surface area contributed by atoms with Crippen LogP contribution in [0.1, 0.15) is 0 Å². The molecule has 9 aromatic rings. The third kappa shape index (κ3) is 5.18. The molecule has 0 aliphatic rings. The van der Waals surface area contributed by atoms with Crippen molar-refractivity contribution < 1.29 is 0 Å². The number of nitrogens with zero attached hydrogens (tertiary/aromatic N) is 2. The van der Waals surface area contributed by atoms with Gasteiger partial charge in [0.15, 0.2) is 0 Å². The normalized spacial score (nSPS) is 11.4. The third-order valence-electron chi connectivity index (χ3n) is 8.74. The van der Waals surface area contributed by atoms with Gasteiger partial charge in [0.05, 0.1) is 10.2 Å². The Labute approximate surface area is 281 Å². The fourth-order valence-electron chi connectivity index (χ4n) is 6.34. The van der Waals surface area contributed by atoms with Crippen LogP contribution < -0.4 is 4.90 Å². The molecule has 2 heterocycles. The van der Waals surface area contributed by atoms with E-state index in [1.807, 2.05) is 17.4 Å². The monoisotopic (exact) mass is 636 g/mol. The second-order valence-electron chi connectivity index (χ2n) is 11.6. The summed E-state index contributed by atoms with van der Waals surface area (Å²) in [6.45, 7) is 0. The van der Waals surface area contributed by atoms with Gasteiger partial charge in [-0.2, -0.15) is 0 Å². The van der Waals surface area contributed by atoms with E-state index in [1.54, 1.807) is 11.3 Å². The lowest BCUT2D eigenvalue weighted by Gasteiger charge is -2.26. The molecule has 0 bridgehead atoms. The van der Waals surface area contributed by atoms with Crippen LogP contribution in [0.3, 0.4) is 0 Å². The molecule has 2 aromatic heterocycles. The zero-order chi connectivity index (χ0) is 31.2. The second-order valence-corrected chi connectivity index (χ2v) is 13.8. The SMILES string of the molecule is c1ccc(-c2ccc(N(c3ccc(-c4ccc(-c5nc6ccccc6s5)cc4)cc3)c3ccc4sc5ccccc5c4c3)cc2)cc1. The number of fused-ring (bicyclic) bond motifs is 4. The summed E-state index contributed by atoms with van der Waals surface area (Å²) < 4.78 is 3.84. The quantitative estimate of drug-likeness (QED) is 0.181. The van der Waals surface area contributed by atoms with Gasteiger partial charge >= 0.3 is 0 Å². The van der Waals surface area contributed by atoms with E-state index in [4.69, 9.17) is 4.98 Å². The summed E-state index contributed by atoms with van der Waals surface area (Å²) >= 11 is 3.59. The highest BCUT2D eigenvalue weighted by atomic mass is 32.1. The maximum absolute atomic E-state index is 4.84. The number of thiophene rings is 1. The van der Waals surface area contributed by atoms with Gasteiger partial charge < -0.3 is 4.90 Å². The van der Waals surface area contributed by atoms with Crippen LogP contribution in [0, 0.1) is 0 Å². The number of aromatic nitrogens is 1. The first kappa shape index (κ1) is 27.7. The largest absolute Gasteiger partial charge is 0.310 e. The van der Waals surface area contributed by atoms with Crippen molar-refractivity contribution in [1.29, 1.82) is 0 Å². The predicted octanol–water partition coefficient (Wildman–Crippen LogP) is 13.1. The van der Waals surface area contributed by atoms with E-state index in [2.05, 4.69) is 169 Å². The zero-order valence-electron chi connectivity index (χ0n) is 25.4. The van der Waals surface area contributed by atoms with Crippen LogP contribution in [-0.2, 0) is 0 Å². The van der Waals surface area contributed by atoms with Crippen LogP contribution in [0.5, 0.6) is 0 Å². The highest BCUT2D eigenvalue weighted by Gasteiger charge is 2.16. The van der Waals surface area contributed by atoms with Gasteiger partial charge in [0.25, 0.3) is 0 Å². The fourth-order valence-corrected chi connectivity index (χ4v) is 8.40. The molecule has 0 fully saturated rings. The van der Waals surface area contributed by atoms with Gasteiger partial charge in [-0.1, -0.05) is 109 Å².